The minimum absolute atomic E-state index is 0.0467. The molecule has 1 N–H and O–H groups in total. The lowest BCUT2D eigenvalue weighted by atomic mass is 9.95. The number of aliphatic imine (C=N–C) groups is 1. The molecule has 5 heteroatoms. The smallest absolute Gasteiger partial charge is 0.254 e. The Kier molecular flexibility index (Phi) is 5.89. The number of nitrogens with one attached hydrogen (secondary N) is 1. The van der Waals surface area contributed by atoms with Crippen molar-refractivity contribution in [3.8, 4) is 0 Å². The van der Waals surface area contributed by atoms with Crippen LogP contribution in [0.1, 0.15) is 44.8 Å². The van der Waals surface area contributed by atoms with Gasteiger partial charge in [0.25, 0.3) is 5.91 Å². The third-order valence-electron chi connectivity index (χ3n) is 4.90. The number of halogens is 1. The van der Waals surface area contributed by atoms with Gasteiger partial charge >= 0.3 is 0 Å². The predicted octanol–water partition coefficient (Wildman–Crippen LogP) is 5.96. The van der Waals surface area contributed by atoms with Gasteiger partial charge in [-0.1, -0.05) is 60.1 Å². The van der Waals surface area contributed by atoms with Crippen molar-refractivity contribution in [1.82, 2.24) is 5.32 Å². The van der Waals surface area contributed by atoms with Gasteiger partial charge in [0.2, 0.25) is 0 Å². The summed E-state index contributed by atoms with van der Waals surface area (Å²) in [7, 11) is 0. The van der Waals surface area contributed by atoms with Crippen LogP contribution in [0, 0.1) is 0 Å². The van der Waals surface area contributed by atoms with E-state index in [0.29, 0.717) is 11.6 Å². The Morgan fingerprint density at radius 3 is 2.64 bits per heavy atom. The lowest BCUT2D eigenvalue weighted by Crippen LogP contribution is -2.24. The summed E-state index contributed by atoms with van der Waals surface area (Å²) < 4.78 is 0. The van der Waals surface area contributed by atoms with Crippen LogP contribution in [0.4, 0.5) is 5.00 Å². The molecule has 0 spiro atoms. The Bertz CT molecular complexity index is 1010. The largest absolute Gasteiger partial charge is 0.348 e. The van der Waals surface area contributed by atoms with E-state index in [1.807, 2.05) is 54.6 Å². The highest BCUT2D eigenvalue weighted by Gasteiger charge is 2.25. The fraction of sp³-hybridized carbons (Fsp3) is 0.217. The Hall–Kier alpha value is -2.43. The van der Waals surface area contributed by atoms with Crippen molar-refractivity contribution >= 4 is 40.1 Å². The van der Waals surface area contributed by atoms with Crippen molar-refractivity contribution in [3.63, 3.8) is 0 Å². The Morgan fingerprint density at radius 1 is 1.07 bits per heavy atom. The van der Waals surface area contributed by atoms with E-state index in [1.54, 1.807) is 17.6 Å². The fourth-order valence-electron chi connectivity index (χ4n) is 3.45. The first-order chi connectivity index (χ1) is 13.7. The number of fused-ring (bicyclic) bond motifs is 1. The van der Waals surface area contributed by atoms with E-state index < -0.39 is 0 Å². The van der Waals surface area contributed by atoms with Crippen LogP contribution in [0.25, 0.3) is 0 Å². The van der Waals surface area contributed by atoms with Crippen LogP contribution in [0.2, 0.25) is 5.02 Å². The van der Waals surface area contributed by atoms with E-state index in [4.69, 9.17) is 11.6 Å². The van der Waals surface area contributed by atoms with Crippen LogP contribution in [-0.2, 0) is 19.4 Å². The summed E-state index contributed by atoms with van der Waals surface area (Å²) in [5.41, 5.74) is 3.85. The standard InChI is InChI=1S/C23H21ClN2OS/c24-19-12-6-4-10-17(19)15-26-23-21(18-11-5-7-13-20(18)28-23)22(27)25-14-16-8-2-1-3-9-16/h1-4,6,8-10,12,15H,5,7,11,13-14H2,(H,25,27). The molecule has 0 aliphatic heterocycles. The van der Waals surface area contributed by atoms with Crippen molar-refractivity contribution in [2.24, 2.45) is 4.99 Å². The Balaban J connectivity index is 1.62. The van der Waals surface area contributed by atoms with Crippen LogP contribution in [0.15, 0.2) is 59.6 Å². The number of hydrogen-bond donors (Lipinski definition) is 1. The highest BCUT2D eigenvalue weighted by atomic mass is 35.5. The zero-order chi connectivity index (χ0) is 19.3. The monoisotopic (exact) mass is 408 g/mol. The second-order valence-corrected chi connectivity index (χ2v) is 8.33. The molecule has 1 heterocycles. The molecule has 3 aromatic rings. The van der Waals surface area contributed by atoms with Crippen molar-refractivity contribution in [1.29, 1.82) is 0 Å². The third kappa shape index (κ3) is 4.18. The van der Waals surface area contributed by atoms with Gasteiger partial charge in [-0.2, -0.15) is 0 Å². The molecule has 4 rings (SSSR count). The van der Waals surface area contributed by atoms with Gasteiger partial charge in [0.15, 0.2) is 0 Å². The quantitative estimate of drug-likeness (QED) is 0.520. The van der Waals surface area contributed by atoms with Crippen LogP contribution < -0.4 is 5.32 Å². The maximum absolute atomic E-state index is 13.0. The molecular weight excluding hydrogens is 388 g/mol. The molecule has 1 aliphatic carbocycles. The molecule has 0 radical (unpaired) electrons. The first-order valence-corrected chi connectivity index (χ1v) is 10.7. The molecule has 0 bridgehead atoms. The van der Waals surface area contributed by atoms with Crippen molar-refractivity contribution in [2.75, 3.05) is 0 Å². The number of amides is 1. The summed E-state index contributed by atoms with van der Waals surface area (Å²) in [6, 6.07) is 17.6. The molecular formula is C23H21ClN2OS. The van der Waals surface area contributed by atoms with Crippen LogP contribution in [-0.4, -0.2) is 12.1 Å². The number of thiophene rings is 1. The summed E-state index contributed by atoms with van der Waals surface area (Å²) in [6.07, 6.45) is 6.03. The highest BCUT2D eigenvalue weighted by molar-refractivity contribution is 7.16. The van der Waals surface area contributed by atoms with Gasteiger partial charge in [-0.15, -0.1) is 11.3 Å². The molecule has 0 unspecified atom stereocenters. The van der Waals surface area contributed by atoms with Crippen molar-refractivity contribution in [2.45, 2.75) is 32.2 Å². The molecule has 0 saturated heterocycles. The lowest BCUT2D eigenvalue weighted by Gasteiger charge is -2.12. The topological polar surface area (TPSA) is 41.5 Å². The number of aryl methyl sites for hydroxylation is 1. The average molecular weight is 409 g/mol. The minimum atomic E-state index is -0.0467. The first-order valence-electron chi connectivity index (χ1n) is 9.47. The molecule has 1 aromatic heterocycles. The molecule has 0 atom stereocenters. The van der Waals surface area contributed by atoms with Crippen LogP contribution in [0.3, 0.4) is 0 Å². The molecule has 1 amide bonds. The number of carbonyl (C=O) groups excluding carboxylic acids is 1. The Morgan fingerprint density at radius 2 is 1.82 bits per heavy atom. The maximum atomic E-state index is 13.0. The second-order valence-electron chi connectivity index (χ2n) is 6.84. The van der Waals surface area contributed by atoms with Gasteiger partial charge in [-0.05, 0) is 42.9 Å². The van der Waals surface area contributed by atoms with Gasteiger partial charge in [-0.3, -0.25) is 4.79 Å². The lowest BCUT2D eigenvalue weighted by molar-refractivity contribution is 0.0951. The summed E-state index contributed by atoms with van der Waals surface area (Å²) in [5.74, 6) is -0.0467. The predicted molar refractivity (Wildman–Crippen MR) is 117 cm³/mol. The first kappa shape index (κ1) is 18.9. The molecule has 2 aromatic carbocycles. The molecule has 142 valence electrons. The van der Waals surface area contributed by atoms with Crippen molar-refractivity contribution in [3.05, 3.63) is 86.8 Å². The van der Waals surface area contributed by atoms with Crippen LogP contribution in [0.5, 0.6) is 0 Å². The number of nitrogens with zero attached hydrogens (tertiary/aromatic N) is 1. The second kappa shape index (κ2) is 8.72. The number of carbonyl (C=O) groups is 1. The van der Waals surface area contributed by atoms with E-state index in [-0.39, 0.29) is 5.91 Å². The maximum Gasteiger partial charge on any atom is 0.254 e. The van der Waals surface area contributed by atoms with E-state index in [1.165, 1.54) is 16.9 Å². The minimum Gasteiger partial charge on any atom is -0.348 e. The summed E-state index contributed by atoms with van der Waals surface area (Å²) in [4.78, 5) is 19.0. The third-order valence-corrected chi connectivity index (χ3v) is 6.45. The number of benzene rings is 2. The van der Waals surface area contributed by atoms with E-state index in [0.717, 1.165) is 41.0 Å². The van der Waals surface area contributed by atoms with Gasteiger partial charge in [0.05, 0.1) is 5.56 Å². The molecule has 1 aliphatic rings. The zero-order valence-corrected chi connectivity index (χ0v) is 17.0. The van der Waals surface area contributed by atoms with E-state index >= 15 is 0 Å². The summed E-state index contributed by atoms with van der Waals surface area (Å²) in [5, 5.41) is 4.50. The zero-order valence-electron chi connectivity index (χ0n) is 15.5. The highest BCUT2D eigenvalue weighted by Crippen LogP contribution is 2.40. The van der Waals surface area contributed by atoms with Gasteiger partial charge < -0.3 is 5.32 Å². The summed E-state index contributed by atoms with van der Waals surface area (Å²) in [6.45, 7) is 0.512. The van der Waals surface area contributed by atoms with Gasteiger partial charge in [0.1, 0.15) is 5.00 Å². The number of hydrogen-bond acceptors (Lipinski definition) is 3. The molecule has 0 saturated carbocycles. The average Bonchev–Trinajstić information content (AvgIpc) is 3.10. The van der Waals surface area contributed by atoms with Crippen molar-refractivity contribution < 1.29 is 4.79 Å². The van der Waals surface area contributed by atoms with E-state index in [2.05, 4.69) is 10.3 Å². The normalized spacial score (nSPS) is 13.5. The SMILES string of the molecule is O=C(NCc1ccccc1)c1c(N=Cc2ccccc2Cl)sc2c1CCCC2. The molecule has 3 nitrogen and oxygen atoms in total. The van der Waals surface area contributed by atoms with Crippen LogP contribution >= 0.6 is 22.9 Å². The van der Waals surface area contributed by atoms with E-state index in [9.17, 15) is 4.79 Å². The summed E-state index contributed by atoms with van der Waals surface area (Å²) >= 11 is 7.88. The molecule has 0 fully saturated rings. The Labute approximate surface area is 174 Å². The number of rotatable bonds is 5. The van der Waals surface area contributed by atoms with Gasteiger partial charge in [-0.25, -0.2) is 4.99 Å². The van der Waals surface area contributed by atoms with Gasteiger partial charge in [0, 0.05) is 28.2 Å². The molecule has 28 heavy (non-hydrogen) atoms. The fourth-order valence-corrected chi connectivity index (χ4v) is 4.87.